The monoisotopic (exact) mass is 671 g/mol. The highest BCUT2D eigenvalue weighted by molar-refractivity contribution is 6.68. The summed E-state index contributed by atoms with van der Waals surface area (Å²) < 4.78 is 32.4. The maximum absolute atomic E-state index is 15.2. The Balaban J connectivity index is 1.41. The Morgan fingerprint density at radius 2 is 1.73 bits per heavy atom. The van der Waals surface area contributed by atoms with Gasteiger partial charge in [0, 0.05) is 33.1 Å². The number of hydrogen-bond acceptors (Lipinski definition) is 6. The lowest BCUT2D eigenvalue weighted by molar-refractivity contribution is -0.119. The molecule has 2 atom stereocenters. The largest absolute Gasteiger partial charge is 0.442 e. The highest BCUT2D eigenvalue weighted by Crippen LogP contribution is 2.35. The fourth-order valence-electron chi connectivity index (χ4n) is 4.52. The Labute approximate surface area is 259 Å². The van der Waals surface area contributed by atoms with Crippen molar-refractivity contribution in [2.75, 3.05) is 49.1 Å². The second-order valence-electron chi connectivity index (χ2n) is 9.38. The van der Waals surface area contributed by atoms with Crippen LogP contribution in [0.15, 0.2) is 30.3 Å². The van der Waals surface area contributed by atoms with Crippen molar-refractivity contribution in [2.45, 2.75) is 23.0 Å². The van der Waals surface area contributed by atoms with Crippen LogP contribution < -0.4 is 20.4 Å². The third kappa shape index (κ3) is 7.57. The number of ether oxygens (including phenoxy) is 1. The van der Waals surface area contributed by atoms with Gasteiger partial charge in [-0.1, -0.05) is 58.0 Å². The van der Waals surface area contributed by atoms with Crippen molar-refractivity contribution in [1.82, 2.24) is 15.5 Å². The van der Waals surface area contributed by atoms with Crippen LogP contribution in [0.5, 0.6) is 0 Å². The molecular weight excluding hydrogens is 650 g/mol. The standard InChI is InChI=1S/C25H24Cl5F2N5O4/c1-13(38)33-11-15-12-37(24(40)41-15)14-2-3-21(20(32)8-14)35-4-6-36(7-5-35)23(25(28,29)30)34-22(39)16-9-19(31)18(27)10-17(16)26/h2-3,8-10,15,23H,4-7,11-12H2,1H3,(H,33,38)(H,34,39). The molecule has 0 aliphatic carbocycles. The van der Waals surface area contributed by atoms with Crippen LogP contribution in [0.3, 0.4) is 0 Å². The summed E-state index contributed by atoms with van der Waals surface area (Å²) in [5.41, 5.74) is 0.432. The van der Waals surface area contributed by atoms with Crippen LogP contribution in [0.25, 0.3) is 0 Å². The van der Waals surface area contributed by atoms with Gasteiger partial charge in [-0.3, -0.25) is 19.4 Å². The molecule has 2 aromatic carbocycles. The van der Waals surface area contributed by atoms with E-state index in [0.29, 0.717) is 24.5 Å². The van der Waals surface area contributed by atoms with E-state index in [-0.39, 0.29) is 47.7 Å². The lowest BCUT2D eigenvalue weighted by Gasteiger charge is -2.42. The number of cyclic esters (lactones) is 1. The molecule has 2 saturated heterocycles. The number of benzene rings is 2. The number of alkyl halides is 3. The minimum Gasteiger partial charge on any atom is -0.442 e. The number of anilines is 2. The van der Waals surface area contributed by atoms with E-state index in [0.717, 1.165) is 12.1 Å². The molecule has 2 unspecified atom stereocenters. The molecular formula is C25H24Cl5F2N5O4. The highest BCUT2D eigenvalue weighted by Gasteiger charge is 2.40. The molecule has 0 spiro atoms. The lowest BCUT2D eigenvalue weighted by atomic mass is 10.2. The second kappa shape index (κ2) is 12.9. The Hall–Kier alpha value is -2.28. The van der Waals surface area contributed by atoms with Gasteiger partial charge in [0.1, 0.15) is 23.9 Å². The van der Waals surface area contributed by atoms with Gasteiger partial charge in [0.2, 0.25) is 9.70 Å². The molecule has 2 aliphatic heterocycles. The normalized spacial score (nSPS) is 18.7. The fourth-order valence-corrected chi connectivity index (χ4v) is 5.56. The van der Waals surface area contributed by atoms with E-state index in [9.17, 15) is 18.8 Å². The Morgan fingerprint density at radius 3 is 2.34 bits per heavy atom. The van der Waals surface area contributed by atoms with Gasteiger partial charge in [0.25, 0.3) is 5.91 Å². The first-order valence-corrected chi connectivity index (χ1v) is 14.2. The number of halogens is 7. The van der Waals surface area contributed by atoms with Crippen LogP contribution in [0.1, 0.15) is 17.3 Å². The van der Waals surface area contributed by atoms with Crippen LogP contribution in [0.2, 0.25) is 10.0 Å². The van der Waals surface area contributed by atoms with Crippen molar-refractivity contribution in [3.05, 3.63) is 57.6 Å². The van der Waals surface area contributed by atoms with E-state index in [2.05, 4.69) is 10.6 Å². The SMILES string of the molecule is CC(=O)NCC1CN(c2ccc(N3CCN(C(NC(=O)c4cc(F)c(Cl)cc4Cl)C(Cl)(Cl)Cl)CC3)c(F)c2)C(=O)O1. The van der Waals surface area contributed by atoms with Crippen molar-refractivity contribution in [3.8, 4) is 0 Å². The van der Waals surface area contributed by atoms with Crippen molar-refractivity contribution in [1.29, 1.82) is 0 Å². The van der Waals surface area contributed by atoms with Gasteiger partial charge in [-0.15, -0.1) is 0 Å². The van der Waals surface area contributed by atoms with Crippen LogP contribution in [-0.4, -0.2) is 78.1 Å². The summed E-state index contributed by atoms with van der Waals surface area (Å²) in [6.45, 7) is 2.83. The van der Waals surface area contributed by atoms with Gasteiger partial charge in [-0.2, -0.15) is 0 Å². The Morgan fingerprint density at radius 1 is 1.05 bits per heavy atom. The minimum absolute atomic E-state index is 0.0776. The van der Waals surface area contributed by atoms with E-state index < -0.39 is 39.7 Å². The molecule has 0 bridgehead atoms. The molecule has 2 aliphatic rings. The lowest BCUT2D eigenvalue weighted by Crippen LogP contribution is -2.60. The predicted octanol–water partition coefficient (Wildman–Crippen LogP) is 4.98. The first kappa shape index (κ1) is 31.7. The molecule has 0 radical (unpaired) electrons. The molecule has 2 aromatic rings. The van der Waals surface area contributed by atoms with Gasteiger partial charge in [-0.25, -0.2) is 13.6 Å². The van der Waals surface area contributed by atoms with E-state index in [1.807, 2.05) is 0 Å². The molecule has 222 valence electrons. The Kier molecular flexibility index (Phi) is 9.98. The summed E-state index contributed by atoms with van der Waals surface area (Å²) >= 11 is 30.3. The van der Waals surface area contributed by atoms with Crippen molar-refractivity contribution < 1.29 is 27.9 Å². The maximum atomic E-state index is 15.2. The van der Waals surface area contributed by atoms with Gasteiger partial charge in [-0.05, 0) is 30.3 Å². The average Bonchev–Trinajstić information content (AvgIpc) is 3.28. The second-order valence-corrected chi connectivity index (χ2v) is 12.6. The third-order valence-corrected chi connectivity index (χ3v) is 7.77. The summed E-state index contributed by atoms with van der Waals surface area (Å²) in [4.78, 5) is 41.1. The number of nitrogens with one attached hydrogen (secondary N) is 2. The van der Waals surface area contributed by atoms with Gasteiger partial charge >= 0.3 is 6.09 Å². The first-order valence-electron chi connectivity index (χ1n) is 12.3. The highest BCUT2D eigenvalue weighted by atomic mass is 35.6. The van der Waals surface area contributed by atoms with E-state index in [1.165, 1.54) is 17.9 Å². The topological polar surface area (TPSA) is 94.2 Å². The predicted molar refractivity (Wildman–Crippen MR) is 154 cm³/mol. The molecule has 3 amide bonds. The maximum Gasteiger partial charge on any atom is 0.414 e. The molecule has 4 rings (SSSR count). The number of hydrogen-bond donors (Lipinski definition) is 2. The zero-order chi connectivity index (χ0) is 30.1. The van der Waals surface area contributed by atoms with E-state index >= 15 is 4.39 Å². The third-order valence-electron chi connectivity index (χ3n) is 6.55. The van der Waals surface area contributed by atoms with Gasteiger partial charge in [0.05, 0.1) is 40.1 Å². The zero-order valence-corrected chi connectivity index (χ0v) is 25.2. The first-order chi connectivity index (χ1) is 19.2. The molecule has 2 heterocycles. The van der Waals surface area contributed by atoms with Crippen molar-refractivity contribution >= 4 is 87.3 Å². The zero-order valence-electron chi connectivity index (χ0n) is 21.4. The summed E-state index contributed by atoms with van der Waals surface area (Å²) in [6, 6.07) is 6.40. The number of carbonyl (C=O) groups excluding carboxylic acids is 3. The van der Waals surface area contributed by atoms with E-state index in [4.69, 9.17) is 62.7 Å². The molecule has 0 aromatic heterocycles. The quantitative estimate of drug-likeness (QED) is 0.318. The van der Waals surface area contributed by atoms with Crippen LogP contribution >= 0.6 is 58.0 Å². The molecule has 2 fully saturated rings. The van der Waals surface area contributed by atoms with E-state index in [1.54, 1.807) is 21.9 Å². The molecule has 16 heteroatoms. The van der Waals surface area contributed by atoms with Crippen LogP contribution in [0, 0.1) is 11.6 Å². The average molecular weight is 674 g/mol. The summed E-state index contributed by atoms with van der Waals surface area (Å²) in [5.74, 6) is -2.41. The number of nitrogens with zero attached hydrogens (tertiary/aromatic N) is 3. The number of rotatable bonds is 7. The van der Waals surface area contributed by atoms with Gasteiger partial charge < -0.3 is 20.3 Å². The van der Waals surface area contributed by atoms with Crippen molar-refractivity contribution in [2.24, 2.45) is 0 Å². The summed E-state index contributed by atoms with van der Waals surface area (Å²) in [6.07, 6.45) is -2.30. The van der Waals surface area contributed by atoms with Crippen LogP contribution in [-0.2, 0) is 9.53 Å². The van der Waals surface area contributed by atoms with Gasteiger partial charge in [0.15, 0.2) is 0 Å². The Bertz CT molecular complexity index is 1340. The smallest absolute Gasteiger partial charge is 0.414 e. The fraction of sp³-hybridized carbons (Fsp3) is 0.400. The number of carbonyl (C=O) groups is 3. The number of piperazine rings is 1. The molecule has 0 saturated carbocycles. The molecule has 2 N–H and O–H groups in total. The molecule has 9 nitrogen and oxygen atoms in total. The number of amides is 3. The van der Waals surface area contributed by atoms with Crippen LogP contribution in [0.4, 0.5) is 25.0 Å². The minimum atomic E-state index is -1.97. The van der Waals surface area contributed by atoms with Crippen molar-refractivity contribution in [3.63, 3.8) is 0 Å². The molecule has 41 heavy (non-hydrogen) atoms. The summed E-state index contributed by atoms with van der Waals surface area (Å²) in [7, 11) is 0. The summed E-state index contributed by atoms with van der Waals surface area (Å²) in [5, 5.41) is 4.86.